The van der Waals surface area contributed by atoms with Crippen molar-refractivity contribution >= 4 is 35.4 Å². The first-order chi connectivity index (χ1) is 22.7. The Morgan fingerprint density at radius 2 is 1.75 bits per heavy atom. The maximum absolute atomic E-state index is 13.5. The molecular weight excluding hydrogens is 625 g/mol. The zero-order valence-corrected chi connectivity index (χ0v) is 27.6. The third-order valence-corrected chi connectivity index (χ3v) is 7.84. The molecule has 1 aliphatic rings. The number of allylic oxidation sites excluding steroid dienone is 2. The lowest BCUT2D eigenvalue weighted by atomic mass is 9.91. The highest BCUT2D eigenvalue weighted by Crippen LogP contribution is 2.42. The summed E-state index contributed by atoms with van der Waals surface area (Å²) >= 11 is 0. The van der Waals surface area contributed by atoms with Gasteiger partial charge < -0.3 is 45.9 Å². The largest absolute Gasteiger partial charge is 0.506 e. The lowest BCUT2D eigenvalue weighted by molar-refractivity contribution is -0.112. The van der Waals surface area contributed by atoms with E-state index in [9.17, 15) is 34.1 Å². The van der Waals surface area contributed by atoms with Crippen LogP contribution in [0.5, 0.6) is 11.5 Å². The topological polar surface area (TPSA) is 190 Å². The molecular formula is C35H42FN3O9. The molecule has 3 rings (SSSR count). The fourth-order valence-electron chi connectivity index (χ4n) is 5.20. The second kappa shape index (κ2) is 16.7. The minimum atomic E-state index is -1.07. The molecule has 2 aromatic rings. The number of aliphatic hydroxyl groups excluding tert-OH is 1. The van der Waals surface area contributed by atoms with Gasteiger partial charge >= 0.3 is 6.09 Å². The van der Waals surface area contributed by atoms with Crippen molar-refractivity contribution in [3.8, 4) is 11.5 Å². The Kier molecular flexibility index (Phi) is 13.1. The van der Waals surface area contributed by atoms with E-state index < -0.39 is 65.6 Å². The van der Waals surface area contributed by atoms with Gasteiger partial charge in [0, 0.05) is 42.9 Å². The van der Waals surface area contributed by atoms with Gasteiger partial charge in [-0.15, -0.1) is 0 Å². The van der Waals surface area contributed by atoms with Crippen LogP contribution in [0.2, 0.25) is 0 Å². The van der Waals surface area contributed by atoms with Gasteiger partial charge in [-0.2, -0.15) is 0 Å². The number of nitrogens with two attached hydrogens (primary N) is 1. The maximum atomic E-state index is 13.5. The standard InChI is InChI=1S/C35H42FN3O9/c1-18-14-24-29(39-34(44)22-10-12-23(36)13-11-22)26(40)17-25(31(24)42)38-33(43)19(2)8-7-9-27(46-5)32(48-35(37)45)21(4)16-20(3)30(41)28(15-18)47-6/h7-14,16-17,20,27-28,30,32,40-42H,15H2,1-6H3,(H2,37,45)(H,38,43)(H,39,44)/b9-7?,18-14+,19-8+,21-16+/t20-,27-,28-,30+,32-/m0/s1. The number of hydrogen-bond donors (Lipinski definition) is 6. The van der Waals surface area contributed by atoms with Crippen molar-refractivity contribution in [2.24, 2.45) is 11.7 Å². The molecule has 3 amide bonds. The molecule has 2 bridgehead atoms. The molecule has 2 aromatic carbocycles. The van der Waals surface area contributed by atoms with Crippen molar-refractivity contribution in [2.45, 2.75) is 58.5 Å². The summed E-state index contributed by atoms with van der Waals surface area (Å²) in [7, 11) is 2.83. The second-order valence-electron chi connectivity index (χ2n) is 11.5. The zero-order chi connectivity index (χ0) is 35.7. The molecule has 0 aromatic heterocycles. The summed E-state index contributed by atoms with van der Waals surface area (Å²) in [5.74, 6) is -3.34. The van der Waals surface area contributed by atoms with Crippen LogP contribution in [0.3, 0.4) is 0 Å². The molecule has 0 aliphatic carbocycles. The lowest BCUT2D eigenvalue weighted by Gasteiger charge is -2.28. The monoisotopic (exact) mass is 667 g/mol. The Labute approximate surface area is 278 Å². The van der Waals surface area contributed by atoms with E-state index in [1.54, 1.807) is 32.9 Å². The van der Waals surface area contributed by atoms with Crippen LogP contribution in [-0.4, -0.2) is 71.9 Å². The van der Waals surface area contributed by atoms with Gasteiger partial charge in [0.25, 0.3) is 11.8 Å². The first-order valence-corrected chi connectivity index (χ1v) is 15.0. The number of rotatable bonds is 5. The van der Waals surface area contributed by atoms with Crippen LogP contribution in [0.25, 0.3) is 6.08 Å². The van der Waals surface area contributed by atoms with Crippen molar-refractivity contribution < 1.29 is 48.3 Å². The minimum absolute atomic E-state index is 0.0415. The second-order valence-corrected chi connectivity index (χ2v) is 11.5. The normalized spacial score (nSPS) is 25.8. The van der Waals surface area contributed by atoms with Gasteiger partial charge in [-0.25, -0.2) is 9.18 Å². The van der Waals surface area contributed by atoms with Crippen molar-refractivity contribution in [1.82, 2.24) is 0 Å². The molecule has 0 unspecified atom stereocenters. The fraction of sp³-hybridized carbons (Fsp3) is 0.343. The number of amides is 3. The fourth-order valence-corrected chi connectivity index (χ4v) is 5.20. The number of phenolic OH excluding ortho intramolecular Hbond substituents is 2. The quantitative estimate of drug-likeness (QED) is 0.142. The van der Waals surface area contributed by atoms with Crippen LogP contribution >= 0.6 is 0 Å². The highest BCUT2D eigenvalue weighted by molar-refractivity contribution is 6.09. The third kappa shape index (κ3) is 9.53. The Bertz CT molecular complexity index is 1630. The van der Waals surface area contributed by atoms with E-state index in [1.807, 2.05) is 0 Å². The molecule has 48 heavy (non-hydrogen) atoms. The number of methoxy groups -OCH3 is 2. The Balaban J connectivity index is 2.18. The zero-order valence-electron chi connectivity index (χ0n) is 27.6. The third-order valence-electron chi connectivity index (χ3n) is 7.84. The van der Waals surface area contributed by atoms with Crippen LogP contribution in [0.15, 0.2) is 71.4 Å². The van der Waals surface area contributed by atoms with E-state index in [1.165, 1.54) is 51.5 Å². The number of carbonyl (C=O) groups excluding carboxylic acids is 3. The molecule has 0 radical (unpaired) electrons. The highest BCUT2D eigenvalue weighted by atomic mass is 19.1. The van der Waals surface area contributed by atoms with E-state index in [0.717, 1.165) is 18.2 Å². The Morgan fingerprint density at radius 1 is 1.08 bits per heavy atom. The number of ether oxygens (including phenoxy) is 3. The number of fused-ring (bicyclic) bond motifs is 2. The minimum Gasteiger partial charge on any atom is -0.506 e. The molecule has 1 aliphatic heterocycles. The molecule has 0 saturated heterocycles. The number of aliphatic hydroxyl groups is 1. The Morgan fingerprint density at radius 3 is 2.35 bits per heavy atom. The molecule has 5 atom stereocenters. The lowest BCUT2D eigenvalue weighted by Crippen LogP contribution is -2.36. The summed E-state index contributed by atoms with van der Waals surface area (Å²) in [4.78, 5) is 38.0. The number of benzene rings is 2. The van der Waals surface area contributed by atoms with Gasteiger partial charge in [0.1, 0.15) is 23.4 Å². The number of halogens is 1. The van der Waals surface area contributed by atoms with Crippen molar-refractivity contribution in [3.63, 3.8) is 0 Å². The molecule has 0 fully saturated rings. The molecule has 13 heteroatoms. The molecule has 0 spiro atoms. The predicted molar refractivity (Wildman–Crippen MR) is 179 cm³/mol. The number of nitrogens with one attached hydrogen (secondary N) is 2. The van der Waals surface area contributed by atoms with Crippen LogP contribution < -0.4 is 16.4 Å². The SMILES string of the molecule is CO[C@H]1C=C/C=C(\C)C(=O)Nc2cc(O)c(NC(=O)c3ccc(F)cc3)c(c2O)/C=C(\C)C[C@H](OC)[C@H](O)[C@@H](C)/C=C(\C)[C@@H]1OC(N)=O. The van der Waals surface area contributed by atoms with Gasteiger partial charge in [0.2, 0.25) is 0 Å². The molecule has 12 nitrogen and oxygen atoms in total. The van der Waals surface area contributed by atoms with Gasteiger partial charge in [-0.1, -0.05) is 36.8 Å². The number of carbonyl (C=O) groups is 3. The van der Waals surface area contributed by atoms with E-state index in [4.69, 9.17) is 19.9 Å². The van der Waals surface area contributed by atoms with E-state index in [0.29, 0.717) is 11.1 Å². The number of hydrogen-bond acceptors (Lipinski definition) is 9. The van der Waals surface area contributed by atoms with Crippen molar-refractivity contribution in [3.05, 3.63) is 88.3 Å². The molecule has 0 saturated carbocycles. The summed E-state index contributed by atoms with van der Waals surface area (Å²) in [6, 6.07) is 5.82. The van der Waals surface area contributed by atoms with Crippen molar-refractivity contribution in [1.29, 1.82) is 0 Å². The number of phenols is 2. The summed E-state index contributed by atoms with van der Waals surface area (Å²) in [6.07, 6.45) is 3.19. The summed E-state index contributed by atoms with van der Waals surface area (Å²) < 4.78 is 30.0. The molecule has 7 N–H and O–H groups in total. The first kappa shape index (κ1) is 37.5. The molecule has 1 heterocycles. The summed E-state index contributed by atoms with van der Waals surface area (Å²) in [5, 5.41) is 38.9. The van der Waals surface area contributed by atoms with E-state index in [2.05, 4.69) is 10.6 Å². The van der Waals surface area contributed by atoms with Crippen LogP contribution in [0.1, 0.15) is 50.0 Å². The first-order valence-electron chi connectivity index (χ1n) is 15.0. The smallest absolute Gasteiger partial charge is 0.405 e. The van der Waals surface area contributed by atoms with Crippen LogP contribution in [0.4, 0.5) is 20.6 Å². The highest BCUT2D eigenvalue weighted by Gasteiger charge is 2.29. The summed E-state index contributed by atoms with van der Waals surface area (Å²) in [6.45, 7) is 6.66. The average molecular weight is 668 g/mol. The summed E-state index contributed by atoms with van der Waals surface area (Å²) in [5.41, 5.74) is 6.34. The van der Waals surface area contributed by atoms with Gasteiger partial charge in [0.15, 0.2) is 6.10 Å². The number of anilines is 2. The van der Waals surface area contributed by atoms with Gasteiger partial charge in [-0.3, -0.25) is 9.59 Å². The van der Waals surface area contributed by atoms with Gasteiger partial charge in [-0.05, 0) is 63.1 Å². The molecule has 258 valence electrons. The van der Waals surface area contributed by atoms with Gasteiger partial charge in [0.05, 0.1) is 23.6 Å². The average Bonchev–Trinajstić information content (AvgIpc) is 3.04. The maximum Gasteiger partial charge on any atom is 0.405 e. The van der Waals surface area contributed by atoms with Crippen LogP contribution in [0, 0.1) is 11.7 Å². The van der Waals surface area contributed by atoms with E-state index >= 15 is 0 Å². The van der Waals surface area contributed by atoms with Crippen molar-refractivity contribution in [2.75, 3.05) is 24.9 Å². The van der Waals surface area contributed by atoms with E-state index in [-0.39, 0.29) is 34.5 Å². The Hall–Kier alpha value is -4.98. The number of aromatic hydroxyl groups is 2. The predicted octanol–water partition coefficient (Wildman–Crippen LogP) is 5.17. The van der Waals surface area contributed by atoms with Crippen LogP contribution in [-0.2, 0) is 19.0 Å². The number of primary amides is 1.